The zero-order valence-electron chi connectivity index (χ0n) is 27.5. The van der Waals surface area contributed by atoms with Gasteiger partial charge in [0.15, 0.2) is 0 Å². The lowest BCUT2D eigenvalue weighted by atomic mass is 10.0. The molecule has 282 valence electrons. The lowest BCUT2D eigenvalue weighted by molar-refractivity contribution is 0.608. The quantitative estimate of drug-likeness (QED) is 0.161. The molecule has 5 heterocycles. The van der Waals surface area contributed by atoms with E-state index in [2.05, 4.69) is 9.97 Å². The Morgan fingerprint density at radius 2 is 0.661 bits per heavy atom. The normalized spacial score (nSPS) is 13.2. The van der Waals surface area contributed by atoms with Gasteiger partial charge in [-0.25, -0.2) is 43.6 Å². The van der Waals surface area contributed by atoms with E-state index in [0.29, 0.717) is 82.9 Å². The summed E-state index contributed by atoms with van der Waals surface area (Å²) in [5.41, 5.74) is 4.83. The molecule has 4 aromatic carbocycles. The molecule has 0 unspecified atom stereocenters. The van der Waals surface area contributed by atoms with Gasteiger partial charge in [0, 0.05) is 109 Å². The third-order valence-corrected chi connectivity index (χ3v) is 14.9. The molecule has 0 atom stereocenters. The molecule has 0 radical (unpaired) electrons. The number of rotatable bonds is 4. The van der Waals surface area contributed by atoms with Gasteiger partial charge in [0.25, 0.3) is 36.2 Å². The Kier molecular flexibility index (Phi) is 8.27. The van der Waals surface area contributed by atoms with Crippen LogP contribution in [-0.4, -0.2) is 53.6 Å². The van der Waals surface area contributed by atoms with E-state index in [4.69, 9.17) is 52.7 Å². The van der Waals surface area contributed by atoms with Gasteiger partial charge in [-0.05, 0) is 72.8 Å². The van der Waals surface area contributed by atoms with Crippen molar-refractivity contribution in [2.45, 2.75) is 19.6 Å². The van der Waals surface area contributed by atoms with Crippen LogP contribution in [0.1, 0.15) is 0 Å². The van der Waals surface area contributed by atoms with E-state index in [1.807, 2.05) is 0 Å². The van der Waals surface area contributed by atoms with Crippen molar-refractivity contribution in [2.75, 3.05) is 0 Å². The molecule has 2 N–H and O–H groups in total. The van der Waals surface area contributed by atoms with Crippen molar-refractivity contribution >= 4 is 123 Å². The molecular weight excluding hydrogens is 886 g/mol. The van der Waals surface area contributed by atoms with Gasteiger partial charge >= 0.3 is 0 Å². The minimum atomic E-state index is -4.17. The van der Waals surface area contributed by atoms with Crippen LogP contribution in [0.15, 0.2) is 117 Å². The topological polar surface area (TPSA) is 194 Å². The van der Waals surface area contributed by atoms with Crippen molar-refractivity contribution in [3.63, 3.8) is 0 Å². The van der Waals surface area contributed by atoms with Gasteiger partial charge in [-0.15, -0.1) is 0 Å². The second kappa shape index (κ2) is 12.5. The first-order chi connectivity index (χ1) is 26.2. The average Bonchev–Trinajstić information content (AvgIpc) is 3.84. The second-order valence-corrected chi connectivity index (χ2v) is 23.1. The zero-order valence-corrected chi connectivity index (χ0v) is 33.8. The van der Waals surface area contributed by atoms with Crippen LogP contribution in [-0.2, 0) is 36.2 Å². The standard InChI is InChI=1S/C36H18Cl4N4O8S4/c37-53(45,46)17-1-5-21-25(9-17)33-14-30-23-7-3-19(55(39,49)50)11-27(23)35(43-30)16-32-24-8-4-20(56(40,51)52)12-28(24)36(44-32)15-31-22-6-2-18(54(38,47)48)10-26(22)34(42-31)13-29(21)41-33/h1-16,41-42H. The first kappa shape index (κ1) is 37.1. The Morgan fingerprint density at radius 3 is 1.11 bits per heavy atom. The molecule has 0 amide bonds. The summed E-state index contributed by atoms with van der Waals surface area (Å²) < 4.78 is 99.7. The maximum atomic E-state index is 12.5. The molecule has 7 aromatic rings. The maximum Gasteiger partial charge on any atom is 0.261 e. The smallest absolute Gasteiger partial charge is 0.261 e. The largest absolute Gasteiger partial charge is 0.354 e. The Bertz CT molecular complexity index is 3610. The molecule has 20 heteroatoms. The summed E-state index contributed by atoms with van der Waals surface area (Å²) in [5.74, 6) is 0. The van der Waals surface area contributed by atoms with Crippen molar-refractivity contribution in [3.05, 3.63) is 97.1 Å². The van der Waals surface area contributed by atoms with E-state index < -0.39 is 36.2 Å². The lowest BCUT2D eigenvalue weighted by Crippen LogP contribution is -1.91. The molecule has 3 aromatic heterocycles. The van der Waals surface area contributed by atoms with Gasteiger partial charge in [0.05, 0.1) is 42.4 Å². The number of benzene rings is 4. The third kappa shape index (κ3) is 6.34. The van der Waals surface area contributed by atoms with E-state index in [1.54, 1.807) is 48.5 Å². The maximum absolute atomic E-state index is 12.5. The second-order valence-electron chi connectivity index (χ2n) is 12.8. The van der Waals surface area contributed by atoms with Gasteiger partial charge in [-0.1, -0.05) is 24.3 Å². The van der Waals surface area contributed by atoms with Crippen LogP contribution in [0.3, 0.4) is 0 Å². The predicted octanol–water partition coefficient (Wildman–Crippen LogP) is 9.00. The SMILES string of the molecule is O=S(=O)(Cl)c1ccc2c(c1)-c1cc3nc(cc4[nH]c(cc5[nH]c(cc-2n1)c1cc(S(=O)(=O)Cl)ccc51)c1cc(S(=O)(=O)Cl)ccc41)-c1cc(S(=O)(=O)Cl)ccc1-3. The summed E-state index contributed by atoms with van der Waals surface area (Å²) in [6.45, 7) is 0. The number of H-pyrrole nitrogens is 2. The number of aromatic amines is 2. The molecule has 2 aliphatic heterocycles. The molecular formula is C36H18Cl4N4O8S4. The van der Waals surface area contributed by atoms with Gasteiger partial charge < -0.3 is 9.97 Å². The molecule has 0 saturated heterocycles. The highest BCUT2D eigenvalue weighted by molar-refractivity contribution is 8.14. The number of aromatic nitrogens is 4. The summed E-state index contributed by atoms with van der Waals surface area (Å²) in [6, 6.07) is 23.8. The van der Waals surface area contributed by atoms with Crippen LogP contribution in [0.5, 0.6) is 0 Å². The van der Waals surface area contributed by atoms with E-state index in [1.165, 1.54) is 48.5 Å². The van der Waals surface area contributed by atoms with Crippen molar-refractivity contribution in [2.24, 2.45) is 0 Å². The number of fused-ring (bicyclic) bond motifs is 20. The number of nitrogens with zero attached hydrogens (tertiary/aromatic N) is 2. The lowest BCUT2D eigenvalue weighted by Gasteiger charge is -2.04. The zero-order chi connectivity index (χ0) is 39.7. The third-order valence-electron chi connectivity index (χ3n) is 9.50. The average molecular weight is 905 g/mol. The monoisotopic (exact) mass is 902 g/mol. The Balaban J connectivity index is 1.50. The summed E-state index contributed by atoms with van der Waals surface area (Å²) >= 11 is 0. The first-order valence-corrected chi connectivity index (χ1v) is 25.2. The van der Waals surface area contributed by atoms with Crippen molar-refractivity contribution in [1.82, 2.24) is 19.9 Å². The van der Waals surface area contributed by atoms with E-state index in [-0.39, 0.29) is 25.3 Å². The van der Waals surface area contributed by atoms with E-state index in [9.17, 15) is 33.7 Å². The number of nitrogens with one attached hydrogen (secondary N) is 2. The fourth-order valence-electron chi connectivity index (χ4n) is 6.99. The highest BCUT2D eigenvalue weighted by Gasteiger charge is 2.25. The van der Waals surface area contributed by atoms with E-state index in [0.717, 1.165) is 0 Å². The summed E-state index contributed by atoms with van der Waals surface area (Å²) in [6.07, 6.45) is 0. The van der Waals surface area contributed by atoms with Crippen LogP contribution in [0, 0.1) is 0 Å². The minimum absolute atomic E-state index is 0.166. The minimum Gasteiger partial charge on any atom is -0.354 e. The van der Waals surface area contributed by atoms with Crippen LogP contribution in [0.25, 0.3) is 88.6 Å². The molecule has 8 bridgehead atoms. The van der Waals surface area contributed by atoms with Gasteiger partial charge in [0.1, 0.15) is 0 Å². The van der Waals surface area contributed by atoms with Crippen LogP contribution in [0.4, 0.5) is 0 Å². The summed E-state index contributed by atoms with van der Waals surface area (Å²) in [7, 11) is 6.38. The Morgan fingerprint density at radius 1 is 0.339 bits per heavy atom. The fraction of sp³-hybridized carbons (Fsp3) is 0. The molecule has 0 fully saturated rings. The number of hydrogen-bond donors (Lipinski definition) is 2. The first-order valence-electron chi connectivity index (χ1n) is 15.9. The number of hydrogen-bond acceptors (Lipinski definition) is 10. The molecule has 56 heavy (non-hydrogen) atoms. The van der Waals surface area contributed by atoms with Crippen molar-refractivity contribution in [3.8, 4) is 45.0 Å². The molecule has 9 rings (SSSR count). The van der Waals surface area contributed by atoms with Crippen molar-refractivity contribution < 1.29 is 33.7 Å². The van der Waals surface area contributed by atoms with Crippen molar-refractivity contribution in [1.29, 1.82) is 0 Å². The highest BCUT2D eigenvalue weighted by atomic mass is 35.7. The van der Waals surface area contributed by atoms with Gasteiger partial charge in [0.2, 0.25) is 0 Å². The molecule has 0 spiro atoms. The summed E-state index contributed by atoms with van der Waals surface area (Å²) in [4.78, 5) is 15.7. The van der Waals surface area contributed by atoms with Crippen LogP contribution >= 0.6 is 42.7 Å². The van der Waals surface area contributed by atoms with Crippen LogP contribution in [0.2, 0.25) is 0 Å². The highest BCUT2D eigenvalue weighted by Crippen LogP contribution is 2.43. The predicted molar refractivity (Wildman–Crippen MR) is 217 cm³/mol. The Labute approximate surface area is 335 Å². The molecule has 0 aliphatic carbocycles. The van der Waals surface area contributed by atoms with E-state index >= 15 is 0 Å². The number of halogens is 4. The van der Waals surface area contributed by atoms with Crippen LogP contribution < -0.4 is 0 Å². The molecule has 2 aliphatic rings. The van der Waals surface area contributed by atoms with Gasteiger partial charge in [-0.2, -0.15) is 0 Å². The Hall–Kier alpha value is -4.52. The van der Waals surface area contributed by atoms with Gasteiger partial charge in [-0.3, -0.25) is 0 Å². The fourth-order valence-corrected chi connectivity index (χ4v) is 10.1. The molecule has 12 nitrogen and oxygen atoms in total. The molecule has 0 saturated carbocycles. The summed E-state index contributed by atoms with van der Waals surface area (Å²) in [5, 5.41) is 1.99.